The van der Waals surface area contributed by atoms with Gasteiger partial charge in [0.15, 0.2) is 0 Å². The van der Waals surface area contributed by atoms with Crippen molar-refractivity contribution >= 4 is 5.91 Å². The van der Waals surface area contributed by atoms with Crippen LogP contribution in [0.2, 0.25) is 0 Å². The third kappa shape index (κ3) is 2.49. The number of carbonyl (C=O) groups is 1. The maximum absolute atomic E-state index is 11.3. The van der Waals surface area contributed by atoms with Crippen LogP contribution in [0.5, 0.6) is 5.75 Å². The van der Waals surface area contributed by atoms with Gasteiger partial charge in [-0.05, 0) is 29.5 Å². The minimum absolute atomic E-state index is 0.288. The molecular formula is C14H12N6O2. The molecule has 0 unspecified atom stereocenters. The monoisotopic (exact) mass is 296 g/mol. The van der Waals surface area contributed by atoms with E-state index in [-0.39, 0.29) is 5.56 Å². The summed E-state index contributed by atoms with van der Waals surface area (Å²) in [4.78, 5) is 16.8. The molecule has 0 radical (unpaired) electrons. The SMILES string of the molecule is COc1cc(-n2nnc(-c3ccccn3)n2)ccc1C(N)=O. The molecule has 22 heavy (non-hydrogen) atoms. The van der Waals surface area contributed by atoms with Gasteiger partial charge in [0.05, 0.1) is 18.4 Å². The van der Waals surface area contributed by atoms with Crippen molar-refractivity contribution in [1.82, 2.24) is 25.2 Å². The maximum Gasteiger partial charge on any atom is 0.252 e. The second-order valence-electron chi connectivity index (χ2n) is 4.37. The number of rotatable bonds is 4. The lowest BCUT2D eigenvalue weighted by Crippen LogP contribution is -2.13. The first-order valence-corrected chi connectivity index (χ1v) is 6.38. The van der Waals surface area contributed by atoms with E-state index in [1.54, 1.807) is 36.5 Å². The third-order valence-electron chi connectivity index (χ3n) is 2.99. The Morgan fingerprint density at radius 2 is 2.14 bits per heavy atom. The molecule has 3 aromatic rings. The standard InChI is InChI=1S/C14H12N6O2/c1-22-12-8-9(5-6-10(12)13(15)21)20-18-14(17-19-20)11-4-2-3-7-16-11/h2-8H,1H3,(H2,15,21). The molecule has 8 nitrogen and oxygen atoms in total. The van der Waals surface area contributed by atoms with Crippen molar-refractivity contribution in [3.05, 3.63) is 48.2 Å². The van der Waals surface area contributed by atoms with Gasteiger partial charge in [0, 0.05) is 12.3 Å². The molecular weight excluding hydrogens is 284 g/mol. The van der Waals surface area contributed by atoms with Gasteiger partial charge in [0.1, 0.15) is 11.4 Å². The van der Waals surface area contributed by atoms with Crippen LogP contribution in [0.4, 0.5) is 0 Å². The van der Waals surface area contributed by atoms with E-state index in [9.17, 15) is 4.79 Å². The van der Waals surface area contributed by atoms with Gasteiger partial charge in [-0.15, -0.1) is 15.0 Å². The minimum atomic E-state index is -0.566. The van der Waals surface area contributed by atoms with Crippen molar-refractivity contribution in [2.75, 3.05) is 7.11 Å². The molecule has 1 aromatic carbocycles. The lowest BCUT2D eigenvalue weighted by Gasteiger charge is -2.07. The Kier molecular flexibility index (Phi) is 3.48. The van der Waals surface area contributed by atoms with E-state index in [0.29, 0.717) is 23.0 Å². The fourth-order valence-electron chi connectivity index (χ4n) is 1.93. The van der Waals surface area contributed by atoms with Crippen LogP contribution in [0, 0.1) is 0 Å². The molecule has 0 atom stereocenters. The summed E-state index contributed by atoms with van der Waals surface area (Å²) in [5.74, 6) is 0.185. The molecule has 1 amide bonds. The molecule has 0 spiro atoms. The van der Waals surface area contributed by atoms with Crippen molar-refractivity contribution < 1.29 is 9.53 Å². The van der Waals surface area contributed by atoms with E-state index in [1.807, 2.05) is 6.07 Å². The number of primary amides is 1. The van der Waals surface area contributed by atoms with Crippen molar-refractivity contribution in [2.24, 2.45) is 5.73 Å². The molecule has 0 fully saturated rings. The molecule has 110 valence electrons. The van der Waals surface area contributed by atoms with Crippen molar-refractivity contribution in [3.8, 4) is 23.0 Å². The Labute approximate surface area is 125 Å². The number of aromatic nitrogens is 5. The molecule has 2 N–H and O–H groups in total. The van der Waals surface area contributed by atoms with Gasteiger partial charge in [0.25, 0.3) is 5.91 Å². The summed E-state index contributed by atoms with van der Waals surface area (Å²) in [6.45, 7) is 0. The average molecular weight is 296 g/mol. The summed E-state index contributed by atoms with van der Waals surface area (Å²) in [6.07, 6.45) is 1.65. The van der Waals surface area contributed by atoms with Crippen LogP contribution in [0.1, 0.15) is 10.4 Å². The van der Waals surface area contributed by atoms with E-state index >= 15 is 0 Å². The quantitative estimate of drug-likeness (QED) is 0.763. The number of hydrogen-bond acceptors (Lipinski definition) is 6. The second kappa shape index (κ2) is 5.60. The average Bonchev–Trinajstić information content (AvgIpc) is 3.05. The molecule has 8 heteroatoms. The Morgan fingerprint density at radius 3 is 2.82 bits per heavy atom. The first-order valence-electron chi connectivity index (χ1n) is 6.38. The summed E-state index contributed by atoms with van der Waals surface area (Å²) in [6, 6.07) is 10.3. The normalized spacial score (nSPS) is 10.4. The summed E-state index contributed by atoms with van der Waals surface area (Å²) in [7, 11) is 1.46. The molecule has 2 aromatic heterocycles. The van der Waals surface area contributed by atoms with Gasteiger partial charge in [0.2, 0.25) is 5.82 Å². The van der Waals surface area contributed by atoms with Crippen LogP contribution in [0.25, 0.3) is 17.2 Å². The van der Waals surface area contributed by atoms with E-state index in [1.165, 1.54) is 11.9 Å². The highest BCUT2D eigenvalue weighted by atomic mass is 16.5. The molecule has 0 saturated heterocycles. The minimum Gasteiger partial charge on any atom is -0.496 e. The number of benzene rings is 1. The predicted octanol–water partition coefficient (Wildman–Crippen LogP) is 0.832. The molecule has 3 rings (SSSR count). The molecule has 2 heterocycles. The smallest absolute Gasteiger partial charge is 0.252 e. The lowest BCUT2D eigenvalue weighted by molar-refractivity contribution is 0.0997. The number of nitrogens with two attached hydrogens (primary N) is 1. The molecule has 0 aliphatic rings. The van der Waals surface area contributed by atoms with Gasteiger partial charge in [-0.1, -0.05) is 6.07 Å². The van der Waals surface area contributed by atoms with Gasteiger partial charge in [-0.3, -0.25) is 9.78 Å². The number of ether oxygens (including phenoxy) is 1. The van der Waals surface area contributed by atoms with Gasteiger partial charge >= 0.3 is 0 Å². The molecule has 0 aliphatic carbocycles. The van der Waals surface area contributed by atoms with Crippen LogP contribution in [-0.2, 0) is 0 Å². The van der Waals surface area contributed by atoms with E-state index < -0.39 is 5.91 Å². The predicted molar refractivity (Wildman–Crippen MR) is 77.5 cm³/mol. The Balaban J connectivity index is 1.99. The highest BCUT2D eigenvalue weighted by Crippen LogP contribution is 2.21. The topological polar surface area (TPSA) is 109 Å². The summed E-state index contributed by atoms with van der Waals surface area (Å²) >= 11 is 0. The Hall–Kier alpha value is -3.29. The fourth-order valence-corrected chi connectivity index (χ4v) is 1.93. The summed E-state index contributed by atoms with van der Waals surface area (Å²) < 4.78 is 5.16. The first kappa shape index (κ1) is 13.7. The van der Waals surface area contributed by atoms with Crippen LogP contribution in [0.3, 0.4) is 0 Å². The highest BCUT2D eigenvalue weighted by molar-refractivity contribution is 5.95. The number of nitrogens with zero attached hydrogens (tertiary/aromatic N) is 5. The summed E-state index contributed by atoms with van der Waals surface area (Å²) in [5.41, 5.74) is 6.78. The Bertz CT molecular complexity index is 815. The number of methoxy groups -OCH3 is 1. The van der Waals surface area contributed by atoms with E-state index in [2.05, 4.69) is 20.4 Å². The third-order valence-corrected chi connectivity index (χ3v) is 2.99. The number of tetrazole rings is 1. The van der Waals surface area contributed by atoms with E-state index in [4.69, 9.17) is 10.5 Å². The molecule has 0 saturated carbocycles. The number of amides is 1. The Morgan fingerprint density at radius 1 is 1.27 bits per heavy atom. The van der Waals surface area contributed by atoms with Crippen LogP contribution >= 0.6 is 0 Å². The second-order valence-corrected chi connectivity index (χ2v) is 4.37. The fraction of sp³-hybridized carbons (Fsp3) is 0.0714. The molecule has 0 bridgehead atoms. The highest BCUT2D eigenvalue weighted by Gasteiger charge is 2.13. The largest absolute Gasteiger partial charge is 0.496 e. The van der Waals surface area contributed by atoms with Crippen molar-refractivity contribution in [3.63, 3.8) is 0 Å². The summed E-state index contributed by atoms with van der Waals surface area (Å²) in [5, 5.41) is 12.2. The first-order chi connectivity index (χ1) is 10.7. The lowest BCUT2D eigenvalue weighted by atomic mass is 10.1. The molecule has 0 aliphatic heterocycles. The van der Waals surface area contributed by atoms with Gasteiger partial charge < -0.3 is 10.5 Å². The zero-order valence-corrected chi connectivity index (χ0v) is 11.7. The maximum atomic E-state index is 11.3. The van der Waals surface area contributed by atoms with Crippen LogP contribution < -0.4 is 10.5 Å². The zero-order valence-electron chi connectivity index (χ0n) is 11.7. The number of carbonyl (C=O) groups excluding carboxylic acids is 1. The van der Waals surface area contributed by atoms with E-state index in [0.717, 1.165) is 0 Å². The number of pyridine rings is 1. The van der Waals surface area contributed by atoms with Crippen LogP contribution in [0.15, 0.2) is 42.6 Å². The van der Waals surface area contributed by atoms with Gasteiger partial charge in [-0.25, -0.2) is 0 Å². The van der Waals surface area contributed by atoms with Crippen molar-refractivity contribution in [1.29, 1.82) is 0 Å². The van der Waals surface area contributed by atoms with Crippen molar-refractivity contribution in [2.45, 2.75) is 0 Å². The number of hydrogen-bond donors (Lipinski definition) is 1. The zero-order chi connectivity index (χ0) is 15.5. The van der Waals surface area contributed by atoms with Crippen LogP contribution in [-0.4, -0.2) is 38.2 Å². The van der Waals surface area contributed by atoms with Gasteiger partial charge in [-0.2, -0.15) is 0 Å².